The average Bonchev–Trinajstić information content (AvgIpc) is 2.86. The van der Waals surface area contributed by atoms with Crippen molar-refractivity contribution in [3.8, 4) is 5.75 Å². The minimum absolute atomic E-state index is 0.133. The third kappa shape index (κ3) is 3.04. The number of ether oxygens (including phenoxy) is 1. The number of carboxylic acid groups (broad SMARTS) is 1. The van der Waals surface area contributed by atoms with Crippen molar-refractivity contribution in [2.75, 3.05) is 0 Å². The Balaban J connectivity index is 1.93. The van der Waals surface area contributed by atoms with Gasteiger partial charge in [-0.3, -0.25) is 4.79 Å². The average molecular weight is 310 g/mol. The lowest BCUT2D eigenvalue weighted by molar-refractivity contribution is -0.137. The number of carbonyl (C=O) groups is 1. The van der Waals surface area contributed by atoms with E-state index in [-0.39, 0.29) is 13.2 Å². The van der Waals surface area contributed by atoms with E-state index >= 15 is 0 Å². The van der Waals surface area contributed by atoms with Crippen LogP contribution in [0.1, 0.15) is 17.0 Å². The summed E-state index contributed by atoms with van der Waals surface area (Å²) in [4.78, 5) is 15.7. The van der Waals surface area contributed by atoms with Gasteiger partial charge in [0, 0.05) is 0 Å². The molecule has 0 radical (unpaired) electrons. The molecule has 3 aromatic rings. The maximum absolute atomic E-state index is 11.1. The molecule has 5 nitrogen and oxygen atoms in total. The summed E-state index contributed by atoms with van der Waals surface area (Å²) in [6.45, 7) is 4.13. The van der Waals surface area contributed by atoms with E-state index < -0.39 is 5.97 Å². The molecule has 5 heteroatoms. The second-order valence-electron chi connectivity index (χ2n) is 5.48. The lowest BCUT2D eigenvalue weighted by Crippen LogP contribution is -2.13. The number of imidazole rings is 1. The van der Waals surface area contributed by atoms with E-state index in [1.165, 1.54) is 0 Å². The fraction of sp³-hybridized carbons (Fsp3) is 0.222. The highest BCUT2D eigenvalue weighted by Crippen LogP contribution is 2.23. The Hall–Kier alpha value is -2.82. The van der Waals surface area contributed by atoms with Crippen molar-refractivity contribution in [2.24, 2.45) is 0 Å². The van der Waals surface area contributed by atoms with Gasteiger partial charge in [-0.2, -0.15) is 0 Å². The van der Waals surface area contributed by atoms with Crippen molar-refractivity contribution in [2.45, 2.75) is 27.0 Å². The van der Waals surface area contributed by atoms with Crippen LogP contribution in [0.15, 0.2) is 42.5 Å². The predicted octanol–water partition coefficient (Wildman–Crippen LogP) is 3.32. The molecule has 3 rings (SSSR count). The maximum Gasteiger partial charge on any atom is 0.323 e. The number of carboxylic acids is 1. The topological polar surface area (TPSA) is 64.4 Å². The fourth-order valence-corrected chi connectivity index (χ4v) is 2.57. The molecule has 0 aliphatic carbocycles. The van der Waals surface area contributed by atoms with Gasteiger partial charge in [-0.25, -0.2) is 4.98 Å². The van der Waals surface area contributed by atoms with Crippen LogP contribution in [-0.2, 0) is 17.9 Å². The van der Waals surface area contributed by atoms with E-state index in [9.17, 15) is 4.79 Å². The molecule has 23 heavy (non-hydrogen) atoms. The van der Waals surface area contributed by atoms with Gasteiger partial charge in [-0.1, -0.05) is 24.3 Å². The highest BCUT2D eigenvalue weighted by molar-refractivity contribution is 5.78. The number of aryl methyl sites for hydroxylation is 1. The van der Waals surface area contributed by atoms with E-state index in [0.29, 0.717) is 5.82 Å². The van der Waals surface area contributed by atoms with E-state index in [2.05, 4.69) is 4.98 Å². The number of rotatable bonds is 5. The number of para-hydroxylation sites is 2. The number of fused-ring (bicyclic) bond motifs is 1. The Kier molecular flexibility index (Phi) is 4.02. The second kappa shape index (κ2) is 6.12. The molecule has 0 bridgehead atoms. The lowest BCUT2D eigenvalue weighted by atomic mass is 10.1. The molecule has 1 aromatic heterocycles. The van der Waals surface area contributed by atoms with Gasteiger partial charge in [-0.15, -0.1) is 0 Å². The van der Waals surface area contributed by atoms with Crippen LogP contribution in [0.25, 0.3) is 11.0 Å². The summed E-state index contributed by atoms with van der Waals surface area (Å²) in [5.74, 6) is 0.495. The zero-order chi connectivity index (χ0) is 16.4. The zero-order valence-electron chi connectivity index (χ0n) is 13.1. The third-order valence-electron chi connectivity index (χ3n) is 3.94. The summed E-state index contributed by atoms with van der Waals surface area (Å²) in [6, 6.07) is 13.4. The Morgan fingerprint density at radius 2 is 1.96 bits per heavy atom. The van der Waals surface area contributed by atoms with Gasteiger partial charge < -0.3 is 14.4 Å². The molecular weight excluding hydrogens is 292 g/mol. The minimum atomic E-state index is -0.902. The van der Waals surface area contributed by atoms with E-state index in [1.54, 1.807) is 4.57 Å². The van der Waals surface area contributed by atoms with E-state index in [0.717, 1.165) is 27.9 Å². The molecule has 0 spiro atoms. The molecule has 0 atom stereocenters. The first-order chi connectivity index (χ1) is 11.1. The molecule has 0 aliphatic heterocycles. The zero-order valence-corrected chi connectivity index (χ0v) is 13.1. The van der Waals surface area contributed by atoms with Gasteiger partial charge in [0.1, 0.15) is 24.7 Å². The van der Waals surface area contributed by atoms with Gasteiger partial charge in [0.15, 0.2) is 0 Å². The van der Waals surface area contributed by atoms with Crippen LogP contribution in [0.3, 0.4) is 0 Å². The number of hydrogen-bond acceptors (Lipinski definition) is 3. The van der Waals surface area contributed by atoms with E-state index in [1.807, 2.05) is 56.3 Å². The van der Waals surface area contributed by atoms with Crippen LogP contribution < -0.4 is 4.74 Å². The summed E-state index contributed by atoms with van der Waals surface area (Å²) < 4.78 is 7.56. The molecule has 118 valence electrons. The van der Waals surface area contributed by atoms with Gasteiger partial charge in [-0.05, 0) is 43.2 Å². The summed E-state index contributed by atoms with van der Waals surface area (Å²) in [5.41, 5.74) is 3.80. The lowest BCUT2D eigenvalue weighted by Gasteiger charge is -2.11. The van der Waals surface area contributed by atoms with Crippen molar-refractivity contribution in [3.05, 3.63) is 59.4 Å². The van der Waals surface area contributed by atoms with Gasteiger partial charge in [0.25, 0.3) is 0 Å². The van der Waals surface area contributed by atoms with Crippen molar-refractivity contribution in [1.82, 2.24) is 9.55 Å². The smallest absolute Gasteiger partial charge is 0.323 e. The highest BCUT2D eigenvalue weighted by Gasteiger charge is 2.14. The first kappa shape index (κ1) is 15.1. The van der Waals surface area contributed by atoms with Crippen LogP contribution in [-0.4, -0.2) is 20.6 Å². The number of nitrogens with zero attached hydrogens (tertiary/aromatic N) is 2. The number of aromatic nitrogens is 2. The number of aliphatic carboxylic acids is 1. The largest absolute Gasteiger partial charge is 0.485 e. The molecule has 0 saturated carbocycles. The van der Waals surface area contributed by atoms with Crippen LogP contribution in [0.5, 0.6) is 5.75 Å². The van der Waals surface area contributed by atoms with Crippen molar-refractivity contribution < 1.29 is 14.6 Å². The Morgan fingerprint density at radius 1 is 1.17 bits per heavy atom. The van der Waals surface area contributed by atoms with Crippen molar-refractivity contribution >= 4 is 17.0 Å². The van der Waals surface area contributed by atoms with Gasteiger partial charge >= 0.3 is 5.97 Å². The minimum Gasteiger partial charge on any atom is -0.485 e. The molecule has 1 heterocycles. The highest BCUT2D eigenvalue weighted by atomic mass is 16.5. The molecule has 0 aliphatic rings. The SMILES string of the molecule is Cc1cccc(OCc2nc3ccccc3n2CC(=O)O)c1C. The number of hydrogen-bond donors (Lipinski definition) is 1. The third-order valence-corrected chi connectivity index (χ3v) is 3.94. The molecule has 0 unspecified atom stereocenters. The van der Waals surface area contributed by atoms with Crippen molar-refractivity contribution in [3.63, 3.8) is 0 Å². The standard InChI is InChI=1S/C18H18N2O3/c1-12-6-5-9-16(13(12)2)23-11-17-19-14-7-3-4-8-15(14)20(17)10-18(21)22/h3-9H,10-11H2,1-2H3,(H,21,22). The molecule has 2 aromatic carbocycles. The summed E-state index contributed by atoms with van der Waals surface area (Å²) in [7, 11) is 0. The predicted molar refractivity (Wildman–Crippen MR) is 87.6 cm³/mol. The Labute approximate surface area is 134 Å². The van der Waals surface area contributed by atoms with Crippen molar-refractivity contribution in [1.29, 1.82) is 0 Å². The summed E-state index contributed by atoms with van der Waals surface area (Å²) in [6.07, 6.45) is 0. The van der Waals surface area contributed by atoms with Crippen LogP contribution in [0.2, 0.25) is 0 Å². The molecular formula is C18H18N2O3. The normalized spacial score (nSPS) is 10.9. The number of benzene rings is 2. The van der Waals surface area contributed by atoms with Crippen LogP contribution >= 0.6 is 0 Å². The van der Waals surface area contributed by atoms with Crippen LogP contribution in [0.4, 0.5) is 0 Å². The van der Waals surface area contributed by atoms with Gasteiger partial charge in [0.05, 0.1) is 11.0 Å². The maximum atomic E-state index is 11.1. The fourth-order valence-electron chi connectivity index (χ4n) is 2.57. The summed E-state index contributed by atoms with van der Waals surface area (Å²) in [5, 5.41) is 9.15. The first-order valence-electron chi connectivity index (χ1n) is 7.41. The monoisotopic (exact) mass is 310 g/mol. The molecule has 0 amide bonds. The summed E-state index contributed by atoms with van der Waals surface area (Å²) >= 11 is 0. The molecule has 0 fully saturated rings. The Bertz CT molecular complexity index is 868. The van der Waals surface area contributed by atoms with Gasteiger partial charge in [0.2, 0.25) is 0 Å². The van der Waals surface area contributed by atoms with Crippen LogP contribution in [0, 0.1) is 13.8 Å². The quantitative estimate of drug-likeness (QED) is 0.785. The molecule has 1 N–H and O–H groups in total. The molecule has 0 saturated heterocycles. The first-order valence-corrected chi connectivity index (χ1v) is 7.41. The Morgan fingerprint density at radius 3 is 2.74 bits per heavy atom. The van der Waals surface area contributed by atoms with E-state index in [4.69, 9.17) is 9.84 Å². The second-order valence-corrected chi connectivity index (χ2v) is 5.48.